The minimum atomic E-state index is -4.73. The molecule has 0 aromatic heterocycles. The first-order valence-corrected chi connectivity index (χ1v) is 7.89. The van der Waals surface area contributed by atoms with Crippen LogP contribution in [0.1, 0.15) is 5.56 Å². The van der Waals surface area contributed by atoms with E-state index in [9.17, 15) is 0 Å². The van der Waals surface area contributed by atoms with E-state index in [1.807, 2.05) is 0 Å². The Kier molecular flexibility index (Phi) is 4.24. The predicted octanol–water partition coefficient (Wildman–Crippen LogP) is -0.474. The second-order valence-corrected chi connectivity index (χ2v) is 6.04. The van der Waals surface area contributed by atoms with E-state index in [1.165, 1.54) is 12.1 Å². The first-order valence-electron chi connectivity index (χ1n) is 4.39. The van der Waals surface area contributed by atoms with E-state index in [0.29, 0.717) is 5.56 Å². The number of rotatable bonds is 4. The number of aryl methyl sites for hydroxylation is 1. The molecule has 0 unspecified atom stereocenters. The second kappa shape index (κ2) is 4.97. The molecule has 1 aromatic rings. The van der Waals surface area contributed by atoms with Crippen LogP contribution in [0, 0.1) is 6.92 Å². The van der Waals surface area contributed by atoms with Gasteiger partial charge in [0.05, 0.1) is 0 Å². The van der Waals surface area contributed by atoms with Crippen molar-refractivity contribution in [1.29, 1.82) is 0 Å². The monoisotopic (exact) mass is 288 g/mol. The molecule has 10 heteroatoms. The van der Waals surface area contributed by atoms with Crippen molar-refractivity contribution in [2.24, 2.45) is 0 Å². The number of benzene rings is 1. The van der Waals surface area contributed by atoms with Crippen molar-refractivity contribution in [1.82, 2.24) is 0 Å². The van der Waals surface area contributed by atoms with Gasteiger partial charge in [0, 0.05) is 0 Å². The van der Waals surface area contributed by atoms with Gasteiger partial charge in [-0.15, -0.1) is 0 Å². The second-order valence-electron chi connectivity index (χ2n) is 3.33. The van der Waals surface area contributed by atoms with E-state index in [1.54, 1.807) is 6.92 Å². The quantitative estimate of drug-likeness (QED) is 0.408. The average molecular weight is 288 g/mol. The van der Waals surface area contributed by atoms with Crippen molar-refractivity contribution < 1.29 is 38.4 Å². The van der Waals surface area contributed by atoms with Crippen molar-refractivity contribution in [3.63, 3.8) is 0 Å². The molecule has 0 bridgehead atoms. The molecule has 0 fully saturated rings. The summed E-state index contributed by atoms with van der Waals surface area (Å²) in [4.78, 5) is 52.4. The van der Waals surface area contributed by atoms with E-state index in [-0.39, 0.29) is 11.5 Å². The van der Waals surface area contributed by atoms with Gasteiger partial charge >= 0.3 is 96.9 Å². The molecule has 0 aliphatic carbocycles. The van der Waals surface area contributed by atoms with Gasteiger partial charge < -0.3 is 0 Å². The van der Waals surface area contributed by atoms with Gasteiger partial charge in [-0.25, -0.2) is 0 Å². The molecule has 17 heavy (non-hydrogen) atoms. The number of hydrogen-bond acceptors (Lipinski definition) is 8. The Morgan fingerprint density at radius 2 is 1.12 bits per heavy atom. The molecular weight excluding hydrogens is 274 g/mol. The Bertz CT molecular complexity index is 362. The van der Waals surface area contributed by atoms with Gasteiger partial charge in [-0.1, -0.05) is 0 Å². The van der Waals surface area contributed by atoms with Crippen LogP contribution in [0.25, 0.3) is 0 Å². The summed E-state index contributed by atoms with van der Waals surface area (Å²) < 4.78 is 8.87. The third-order valence-electron chi connectivity index (χ3n) is 1.53. The molecule has 0 saturated carbocycles. The standard InChI is InChI=1S/C7H14O8P2/c1-5-2-6(14-16(8,9)10)4-7(3-5)15-17(11,12)13/h2-4,8-13,16-17H,1H3. The molecule has 0 saturated heterocycles. The van der Waals surface area contributed by atoms with Crippen LogP contribution in [-0.2, 0) is 0 Å². The Balaban J connectivity index is 2.95. The first-order chi connectivity index (χ1) is 7.55. The fourth-order valence-corrected chi connectivity index (χ4v) is 2.02. The van der Waals surface area contributed by atoms with Crippen molar-refractivity contribution in [3.05, 3.63) is 23.8 Å². The summed E-state index contributed by atoms with van der Waals surface area (Å²) in [5.74, 6) is -0.283. The minimum absolute atomic E-state index is 0.141. The zero-order chi connectivity index (χ0) is 13.3. The Morgan fingerprint density at radius 3 is 1.41 bits per heavy atom. The van der Waals surface area contributed by atoms with Gasteiger partial charge in [-0.3, -0.25) is 0 Å². The van der Waals surface area contributed by atoms with Gasteiger partial charge in [-0.05, 0) is 0 Å². The fraction of sp³-hybridized carbons (Fsp3) is 0.143. The molecule has 1 aromatic carbocycles. The van der Waals surface area contributed by atoms with Crippen LogP contribution in [0.4, 0.5) is 0 Å². The first kappa shape index (κ1) is 14.5. The fourth-order valence-electron chi connectivity index (χ4n) is 1.15. The maximum atomic E-state index is 8.73. The normalized spacial score (nSPS) is 14.3. The van der Waals surface area contributed by atoms with E-state index in [2.05, 4.69) is 9.05 Å². The molecular formula is C7H14O8P2. The summed E-state index contributed by atoms with van der Waals surface area (Å²) in [5, 5.41) is 0. The van der Waals surface area contributed by atoms with Crippen LogP contribution in [0.3, 0.4) is 0 Å². The van der Waals surface area contributed by atoms with Gasteiger partial charge in [0.25, 0.3) is 0 Å². The molecule has 0 spiro atoms. The summed E-state index contributed by atoms with van der Waals surface area (Å²) in [6.45, 7) is 1.59. The molecule has 0 radical (unpaired) electrons. The summed E-state index contributed by atoms with van der Waals surface area (Å²) in [7, 11) is -9.47. The van der Waals surface area contributed by atoms with Crippen LogP contribution >= 0.6 is 16.3 Å². The van der Waals surface area contributed by atoms with Crippen molar-refractivity contribution in [3.8, 4) is 11.5 Å². The van der Waals surface area contributed by atoms with E-state index in [0.717, 1.165) is 6.07 Å². The average Bonchev–Trinajstić information content (AvgIpc) is 1.93. The van der Waals surface area contributed by atoms with E-state index < -0.39 is 16.3 Å². The van der Waals surface area contributed by atoms with Crippen LogP contribution in [0.5, 0.6) is 11.5 Å². The van der Waals surface area contributed by atoms with E-state index >= 15 is 0 Å². The molecule has 0 aliphatic heterocycles. The molecule has 6 N–H and O–H groups in total. The van der Waals surface area contributed by atoms with Gasteiger partial charge in [-0.2, -0.15) is 0 Å². The Labute approximate surface area is 97.7 Å². The summed E-state index contributed by atoms with van der Waals surface area (Å²) in [5.41, 5.74) is 0.522. The summed E-state index contributed by atoms with van der Waals surface area (Å²) >= 11 is 0. The van der Waals surface area contributed by atoms with Crippen LogP contribution in [-0.4, -0.2) is 29.4 Å². The maximum absolute atomic E-state index is 8.73. The van der Waals surface area contributed by atoms with Gasteiger partial charge in [0.2, 0.25) is 0 Å². The summed E-state index contributed by atoms with van der Waals surface area (Å²) in [6.07, 6.45) is 0. The Hall–Kier alpha value is -0.560. The van der Waals surface area contributed by atoms with Crippen LogP contribution in [0.2, 0.25) is 0 Å². The molecule has 8 nitrogen and oxygen atoms in total. The van der Waals surface area contributed by atoms with Crippen LogP contribution < -0.4 is 9.05 Å². The van der Waals surface area contributed by atoms with Crippen molar-refractivity contribution in [2.75, 3.05) is 0 Å². The third-order valence-corrected chi connectivity index (χ3v) is 2.55. The molecule has 100 valence electrons. The van der Waals surface area contributed by atoms with Crippen LogP contribution in [0.15, 0.2) is 18.2 Å². The molecule has 0 atom stereocenters. The van der Waals surface area contributed by atoms with E-state index in [4.69, 9.17) is 29.4 Å². The molecule has 0 heterocycles. The third kappa shape index (κ3) is 6.07. The summed E-state index contributed by atoms with van der Waals surface area (Å²) in [6, 6.07) is 3.76. The topological polar surface area (TPSA) is 140 Å². The molecule has 0 amide bonds. The SMILES string of the molecule is Cc1cc(O[PH](O)(O)O)cc(O[PH](O)(O)O)c1. The Morgan fingerprint density at radius 1 is 0.765 bits per heavy atom. The molecule has 1 rings (SSSR count). The van der Waals surface area contributed by atoms with Crippen molar-refractivity contribution >= 4 is 16.3 Å². The zero-order valence-corrected chi connectivity index (χ0v) is 10.7. The zero-order valence-electron chi connectivity index (χ0n) is 8.73. The van der Waals surface area contributed by atoms with Gasteiger partial charge in [0.1, 0.15) is 0 Å². The number of hydrogen-bond donors (Lipinski definition) is 6. The van der Waals surface area contributed by atoms with Crippen molar-refractivity contribution in [2.45, 2.75) is 6.92 Å². The molecule has 0 aliphatic rings. The van der Waals surface area contributed by atoms with Gasteiger partial charge in [0.15, 0.2) is 0 Å². The predicted molar refractivity (Wildman–Crippen MR) is 62.4 cm³/mol.